The first-order chi connectivity index (χ1) is 34.3. The van der Waals surface area contributed by atoms with Gasteiger partial charge >= 0.3 is 0 Å². The number of rotatable bonds is 52. The largest absolute Gasteiger partial charge is 0.394 e. The van der Waals surface area contributed by atoms with Gasteiger partial charge in [0.25, 0.3) is 0 Å². The minimum atomic E-state index is -1.57. The molecule has 1 heterocycles. The van der Waals surface area contributed by atoms with Crippen molar-refractivity contribution in [1.82, 2.24) is 5.32 Å². The predicted octanol–water partition coefficient (Wildman–Crippen LogP) is 15.1. The number of amides is 1. The minimum Gasteiger partial charge on any atom is -0.394 e. The number of nitrogens with one attached hydrogen (secondary N) is 1. The second-order valence-corrected chi connectivity index (χ2v) is 21.1. The van der Waals surface area contributed by atoms with Gasteiger partial charge in [-0.05, 0) is 57.8 Å². The molecule has 70 heavy (non-hydrogen) atoms. The summed E-state index contributed by atoms with van der Waals surface area (Å²) in [5.74, 6) is -0.183. The Morgan fingerprint density at radius 2 is 0.814 bits per heavy atom. The molecule has 1 rings (SSSR count). The highest BCUT2D eigenvalue weighted by atomic mass is 16.7. The van der Waals surface area contributed by atoms with Crippen LogP contribution in [-0.2, 0) is 14.3 Å². The number of allylic oxidation sites excluding steroid dienone is 5. The molecule has 0 aliphatic carbocycles. The second kappa shape index (κ2) is 50.9. The molecule has 0 saturated carbocycles. The van der Waals surface area contributed by atoms with Gasteiger partial charge in [0.15, 0.2) is 6.29 Å². The lowest BCUT2D eigenvalue weighted by Gasteiger charge is -2.40. The predicted molar refractivity (Wildman–Crippen MR) is 295 cm³/mol. The quantitative estimate of drug-likeness (QED) is 0.0261. The SMILES string of the molecule is CCCCCCCCCCCCCC/C=C\CCCCCCCCCCCCCCCC(=O)NC(COC1OC(CO)C(O)C(O)C1O)C(O)/C=C/CC/C=C/CCCCCCCCCCCCCC. The van der Waals surface area contributed by atoms with Crippen LogP contribution in [0.3, 0.4) is 0 Å². The number of aliphatic hydroxyl groups excluding tert-OH is 5. The van der Waals surface area contributed by atoms with Gasteiger partial charge in [0.2, 0.25) is 5.91 Å². The molecule has 1 saturated heterocycles. The summed E-state index contributed by atoms with van der Waals surface area (Å²) in [4.78, 5) is 13.1. The van der Waals surface area contributed by atoms with E-state index in [-0.39, 0.29) is 12.5 Å². The maximum absolute atomic E-state index is 13.1. The highest BCUT2D eigenvalue weighted by Gasteiger charge is 2.44. The third kappa shape index (κ3) is 39.9. The molecule has 9 heteroatoms. The van der Waals surface area contributed by atoms with Crippen LogP contribution in [0.5, 0.6) is 0 Å². The lowest BCUT2D eigenvalue weighted by Crippen LogP contribution is -2.60. The van der Waals surface area contributed by atoms with E-state index >= 15 is 0 Å². The Bertz CT molecular complexity index is 1190. The first-order valence-corrected chi connectivity index (χ1v) is 30.2. The van der Waals surface area contributed by atoms with Gasteiger partial charge in [0.1, 0.15) is 24.4 Å². The van der Waals surface area contributed by atoms with Gasteiger partial charge in [0, 0.05) is 6.42 Å². The van der Waals surface area contributed by atoms with Crippen molar-refractivity contribution >= 4 is 5.91 Å². The summed E-state index contributed by atoms with van der Waals surface area (Å²) in [5, 5.41) is 54.5. The van der Waals surface area contributed by atoms with Crippen LogP contribution in [0.1, 0.15) is 290 Å². The average molecular weight is 991 g/mol. The van der Waals surface area contributed by atoms with Crippen LogP contribution in [0.4, 0.5) is 0 Å². The van der Waals surface area contributed by atoms with Crippen molar-refractivity contribution in [2.45, 2.75) is 333 Å². The zero-order valence-electron chi connectivity index (χ0n) is 45.8. The molecule has 0 aromatic heterocycles. The van der Waals surface area contributed by atoms with Crippen LogP contribution in [0, 0.1) is 0 Å². The van der Waals surface area contributed by atoms with Crippen molar-refractivity contribution in [3.63, 3.8) is 0 Å². The highest BCUT2D eigenvalue weighted by molar-refractivity contribution is 5.76. The maximum Gasteiger partial charge on any atom is 0.220 e. The Balaban J connectivity index is 2.19. The van der Waals surface area contributed by atoms with E-state index in [1.165, 1.54) is 231 Å². The Morgan fingerprint density at radius 3 is 1.20 bits per heavy atom. The Labute approximate surface area is 431 Å². The van der Waals surface area contributed by atoms with E-state index in [1.54, 1.807) is 6.08 Å². The summed E-state index contributed by atoms with van der Waals surface area (Å²) >= 11 is 0. The summed E-state index contributed by atoms with van der Waals surface area (Å²) in [7, 11) is 0. The van der Waals surface area contributed by atoms with Crippen molar-refractivity contribution in [3.8, 4) is 0 Å². The normalized spacial score (nSPS) is 19.6. The maximum atomic E-state index is 13.1. The molecule has 412 valence electrons. The fourth-order valence-electron chi connectivity index (χ4n) is 9.64. The van der Waals surface area contributed by atoms with Gasteiger partial charge in [0.05, 0.1) is 25.4 Å². The number of unbranched alkanes of at least 4 members (excludes halogenated alkanes) is 38. The highest BCUT2D eigenvalue weighted by Crippen LogP contribution is 2.23. The molecule has 0 bridgehead atoms. The molecule has 1 fully saturated rings. The van der Waals surface area contributed by atoms with Gasteiger partial charge in [-0.1, -0.05) is 262 Å². The van der Waals surface area contributed by atoms with E-state index in [1.807, 2.05) is 6.08 Å². The molecule has 1 aliphatic heterocycles. The third-order valence-electron chi connectivity index (χ3n) is 14.4. The van der Waals surface area contributed by atoms with E-state index in [0.717, 1.165) is 38.5 Å². The number of hydrogen-bond acceptors (Lipinski definition) is 8. The smallest absolute Gasteiger partial charge is 0.220 e. The Hall–Kier alpha value is -1.59. The zero-order valence-corrected chi connectivity index (χ0v) is 45.8. The van der Waals surface area contributed by atoms with Gasteiger partial charge in [-0.15, -0.1) is 0 Å². The van der Waals surface area contributed by atoms with Crippen LogP contribution in [0.2, 0.25) is 0 Å². The average Bonchev–Trinajstić information content (AvgIpc) is 3.36. The molecule has 6 N–H and O–H groups in total. The summed E-state index contributed by atoms with van der Waals surface area (Å²) in [6, 6.07) is -0.821. The standard InChI is InChI=1S/C61H115NO8/c1-3-5-7-9-11-13-15-17-19-21-23-24-25-26-27-28-29-30-31-32-33-35-37-39-41-43-45-47-49-51-57(65)62-54(53-69-61-60(68)59(67)58(66)56(52-63)70-61)55(64)50-48-46-44-42-40-38-36-34-22-20-18-16-14-12-10-8-6-4-2/h26-27,40,42,48,50,54-56,58-61,63-64,66-68H,3-25,28-39,41,43-47,49,51-53H2,1-2H3,(H,62,65)/b27-26-,42-40+,50-48+. The monoisotopic (exact) mass is 990 g/mol. The van der Waals surface area contributed by atoms with Crippen LogP contribution >= 0.6 is 0 Å². The first-order valence-electron chi connectivity index (χ1n) is 30.2. The summed E-state index contributed by atoms with van der Waals surface area (Å²) in [6.45, 7) is 3.79. The van der Waals surface area contributed by atoms with Crippen LogP contribution in [-0.4, -0.2) is 87.5 Å². The van der Waals surface area contributed by atoms with Crippen LogP contribution < -0.4 is 5.32 Å². The van der Waals surface area contributed by atoms with Gasteiger partial charge < -0.3 is 40.3 Å². The van der Waals surface area contributed by atoms with E-state index in [2.05, 4.69) is 43.5 Å². The topological polar surface area (TPSA) is 149 Å². The van der Waals surface area contributed by atoms with E-state index in [4.69, 9.17) is 9.47 Å². The molecule has 0 spiro atoms. The molecule has 7 atom stereocenters. The number of ether oxygens (including phenoxy) is 2. The third-order valence-corrected chi connectivity index (χ3v) is 14.4. The Kier molecular flexibility index (Phi) is 48.3. The second-order valence-electron chi connectivity index (χ2n) is 21.1. The summed E-state index contributed by atoms with van der Waals surface area (Å²) in [5.41, 5.74) is 0. The molecule has 9 nitrogen and oxygen atoms in total. The molecule has 7 unspecified atom stereocenters. The molecular weight excluding hydrogens is 875 g/mol. The minimum absolute atomic E-state index is 0.183. The number of carbonyl (C=O) groups is 1. The lowest BCUT2D eigenvalue weighted by atomic mass is 9.99. The summed E-state index contributed by atoms with van der Waals surface area (Å²) in [6.07, 6.45) is 59.4. The number of hydrogen-bond donors (Lipinski definition) is 6. The number of aliphatic hydroxyl groups is 5. The summed E-state index contributed by atoms with van der Waals surface area (Å²) < 4.78 is 11.3. The van der Waals surface area contributed by atoms with Gasteiger partial charge in [-0.25, -0.2) is 0 Å². The molecule has 0 aromatic carbocycles. The van der Waals surface area contributed by atoms with Crippen molar-refractivity contribution in [2.24, 2.45) is 0 Å². The molecule has 0 radical (unpaired) electrons. The van der Waals surface area contributed by atoms with Crippen molar-refractivity contribution in [3.05, 3.63) is 36.5 Å². The fraction of sp³-hybridized carbons (Fsp3) is 0.885. The van der Waals surface area contributed by atoms with Crippen LogP contribution in [0.25, 0.3) is 0 Å². The van der Waals surface area contributed by atoms with E-state index < -0.39 is 49.5 Å². The number of carbonyl (C=O) groups excluding carboxylic acids is 1. The van der Waals surface area contributed by atoms with Gasteiger partial charge in [-0.2, -0.15) is 0 Å². The van der Waals surface area contributed by atoms with Crippen molar-refractivity contribution < 1.29 is 39.8 Å². The van der Waals surface area contributed by atoms with E-state index in [9.17, 15) is 30.3 Å². The van der Waals surface area contributed by atoms with Gasteiger partial charge in [-0.3, -0.25) is 4.79 Å². The lowest BCUT2D eigenvalue weighted by molar-refractivity contribution is -0.302. The molecule has 0 aromatic rings. The molecule has 1 aliphatic rings. The Morgan fingerprint density at radius 1 is 0.471 bits per heavy atom. The van der Waals surface area contributed by atoms with E-state index in [0.29, 0.717) is 6.42 Å². The first kappa shape index (κ1) is 66.4. The molecular formula is C61H115NO8. The fourth-order valence-corrected chi connectivity index (χ4v) is 9.64. The molecule has 1 amide bonds. The van der Waals surface area contributed by atoms with Crippen molar-refractivity contribution in [2.75, 3.05) is 13.2 Å². The zero-order chi connectivity index (χ0) is 50.8. The van der Waals surface area contributed by atoms with Crippen LogP contribution in [0.15, 0.2) is 36.5 Å². The van der Waals surface area contributed by atoms with Crippen molar-refractivity contribution in [1.29, 1.82) is 0 Å².